The highest BCUT2D eigenvalue weighted by atomic mass is 31.2. The van der Waals surface area contributed by atoms with Gasteiger partial charge in [0, 0.05) is 7.11 Å². The normalized spacial score (nSPS) is 13.0. The molecule has 2 rings (SSSR count). The van der Waals surface area contributed by atoms with Gasteiger partial charge in [-0.1, -0.05) is 19.9 Å². The summed E-state index contributed by atoms with van der Waals surface area (Å²) in [5.74, 6) is 0.840. The number of phenols is 1. The minimum Gasteiger partial charge on any atom is -0.508 e. The Balaban J connectivity index is 2.43. The number of phenolic OH excluding ortho intramolecular Hbond substituents is 1. The third-order valence-corrected chi connectivity index (χ3v) is 4.91. The van der Waals surface area contributed by atoms with Crippen LogP contribution in [0.15, 0.2) is 30.3 Å². The van der Waals surface area contributed by atoms with Crippen molar-refractivity contribution < 1.29 is 28.9 Å². The van der Waals surface area contributed by atoms with Gasteiger partial charge in [-0.15, -0.1) is 0 Å². The molecule has 6 nitrogen and oxygen atoms in total. The van der Waals surface area contributed by atoms with Crippen molar-refractivity contribution in [3.8, 4) is 11.5 Å². The quantitative estimate of drug-likeness (QED) is 0.603. The van der Waals surface area contributed by atoms with Crippen LogP contribution in [0, 0.1) is 13.8 Å². The van der Waals surface area contributed by atoms with Gasteiger partial charge >= 0.3 is 7.60 Å². The third-order valence-electron chi connectivity index (χ3n) is 4.44. The van der Waals surface area contributed by atoms with E-state index in [0.717, 1.165) is 27.8 Å². The zero-order valence-corrected chi connectivity index (χ0v) is 17.2. The highest BCUT2D eigenvalue weighted by Crippen LogP contribution is 2.38. The highest BCUT2D eigenvalue weighted by Gasteiger charge is 2.21. The molecule has 0 aliphatic heterocycles. The summed E-state index contributed by atoms with van der Waals surface area (Å²) in [4.78, 5) is 18.0. The van der Waals surface area contributed by atoms with Gasteiger partial charge in [0.25, 0.3) is 0 Å². The Kier molecular flexibility index (Phi) is 6.71. The monoisotopic (exact) mass is 394 g/mol. The lowest BCUT2D eigenvalue weighted by molar-refractivity contribution is 0.135. The number of aryl methyl sites for hydroxylation is 2. The minimum absolute atomic E-state index is 0.174. The Morgan fingerprint density at radius 2 is 1.67 bits per heavy atom. The van der Waals surface area contributed by atoms with Gasteiger partial charge in [-0.25, -0.2) is 0 Å². The van der Waals surface area contributed by atoms with Crippen molar-refractivity contribution in [1.82, 2.24) is 0 Å². The van der Waals surface area contributed by atoms with Gasteiger partial charge in [-0.05, 0) is 71.8 Å². The number of aromatic hydroxyl groups is 1. The zero-order valence-electron chi connectivity index (χ0n) is 16.3. The fourth-order valence-electron chi connectivity index (χ4n) is 3.21. The van der Waals surface area contributed by atoms with Crippen LogP contribution in [0.2, 0.25) is 0 Å². The second kappa shape index (κ2) is 8.44. The van der Waals surface area contributed by atoms with Gasteiger partial charge in [0.2, 0.25) is 0 Å². The summed E-state index contributed by atoms with van der Waals surface area (Å²) >= 11 is 0. The number of benzene rings is 2. The minimum atomic E-state index is -4.24. The Morgan fingerprint density at radius 1 is 1.07 bits per heavy atom. The summed E-state index contributed by atoms with van der Waals surface area (Å²) in [7, 11) is -2.61. The lowest BCUT2D eigenvalue weighted by Gasteiger charge is -2.23. The Morgan fingerprint density at radius 3 is 2.15 bits per heavy atom. The maximum atomic E-state index is 11.0. The smallest absolute Gasteiger partial charge is 0.362 e. The van der Waals surface area contributed by atoms with Crippen LogP contribution in [0.4, 0.5) is 0 Å². The second-order valence-electron chi connectivity index (χ2n) is 7.00. The molecule has 148 valence electrons. The summed E-state index contributed by atoms with van der Waals surface area (Å²) in [6.07, 6.45) is -0.992. The van der Waals surface area contributed by atoms with Crippen molar-refractivity contribution in [2.24, 2.45) is 0 Å². The number of hydrogen-bond donors (Lipinski definition) is 3. The van der Waals surface area contributed by atoms with Crippen LogP contribution in [0.5, 0.6) is 11.5 Å². The first kappa shape index (κ1) is 21.5. The first-order valence-electron chi connectivity index (χ1n) is 8.67. The van der Waals surface area contributed by atoms with Gasteiger partial charge < -0.3 is 24.4 Å². The van der Waals surface area contributed by atoms with Gasteiger partial charge in [0.15, 0.2) is 6.35 Å². The largest absolute Gasteiger partial charge is 0.508 e. The van der Waals surface area contributed by atoms with Crippen molar-refractivity contribution in [3.63, 3.8) is 0 Å². The van der Waals surface area contributed by atoms with E-state index in [-0.39, 0.29) is 17.8 Å². The fraction of sp³-hybridized carbons (Fsp3) is 0.400. The van der Waals surface area contributed by atoms with Crippen molar-refractivity contribution in [2.45, 2.75) is 39.7 Å². The van der Waals surface area contributed by atoms with Crippen LogP contribution in [0.3, 0.4) is 0 Å². The molecule has 0 heterocycles. The molecule has 0 radical (unpaired) electrons. The molecule has 0 amide bonds. The van der Waals surface area contributed by atoms with Gasteiger partial charge in [-0.2, -0.15) is 0 Å². The molecule has 1 unspecified atom stereocenters. The Labute approximate surface area is 159 Å². The predicted octanol–water partition coefficient (Wildman–Crippen LogP) is 4.38. The molecule has 3 N–H and O–H groups in total. The second-order valence-corrected chi connectivity index (χ2v) is 8.59. The summed E-state index contributed by atoms with van der Waals surface area (Å²) in [6.45, 7) is 7.85. The molecule has 1 atom stereocenters. The lowest BCUT2D eigenvalue weighted by Crippen LogP contribution is -2.09. The Bertz CT molecular complexity index is 833. The molecule has 0 saturated carbocycles. The predicted molar refractivity (Wildman–Crippen MR) is 105 cm³/mol. The number of ether oxygens (including phenoxy) is 2. The van der Waals surface area contributed by atoms with E-state index in [1.807, 2.05) is 39.8 Å². The first-order valence-corrected chi connectivity index (χ1v) is 10.5. The van der Waals surface area contributed by atoms with Crippen molar-refractivity contribution >= 4 is 7.60 Å². The van der Waals surface area contributed by atoms with Crippen molar-refractivity contribution in [3.05, 3.63) is 58.1 Å². The van der Waals surface area contributed by atoms with Crippen molar-refractivity contribution in [1.29, 1.82) is 0 Å². The molecule has 7 heteroatoms. The van der Waals surface area contributed by atoms with Crippen LogP contribution < -0.4 is 4.74 Å². The van der Waals surface area contributed by atoms with Gasteiger partial charge in [-0.3, -0.25) is 4.57 Å². The van der Waals surface area contributed by atoms with E-state index >= 15 is 0 Å². The van der Waals surface area contributed by atoms with Crippen LogP contribution in [-0.4, -0.2) is 28.4 Å². The maximum absolute atomic E-state index is 11.0. The molecule has 0 fully saturated rings. The molecule has 0 bridgehead atoms. The van der Waals surface area contributed by atoms with E-state index in [4.69, 9.17) is 19.3 Å². The average molecular weight is 394 g/mol. The van der Waals surface area contributed by atoms with E-state index in [2.05, 4.69) is 0 Å². The van der Waals surface area contributed by atoms with E-state index in [1.165, 1.54) is 0 Å². The lowest BCUT2D eigenvalue weighted by atomic mass is 9.90. The maximum Gasteiger partial charge on any atom is 0.362 e. The highest BCUT2D eigenvalue weighted by molar-refractivity contribution is 7.51. The summed E-state index contributed by atoms with van der Waals surface area (Å²) in [5.41, 5.74) is 4.52. The van der Waals surface area contributed by atoms with Crippen LogP contribution in [0.1, 0.15) is 53.7 Å². The molecule has 0 aliphatic rings. The van der Waals surface area contributed by atoms with E-state index in [0.29, 0.717) is 5.75 Å². The summed E-state index contributed by atoms with van der Waals surface area (Å²) in [6, 6.07) is 8.96. The number of hydrogen-bond acceptors (Lipinski definition) is 4. The molecule has 27 heavy (non-hydrogen) atoms. The van der Waals surface area contributed by atoms with Crippen LogP contribution in [-0.2, 0) is 9.30 Å². The van der Waals surface area contributed by atoms with E-state index < -0.39 is 13.9 Å². The van der Waals surface area contributed by atoms with E-state index in [1.54, 1.807) is 25.3 Å². The molecule has 0 aliphatic carbocycles. The topological polar surface area (TPSA) is 96.2 Å². The first-order chi connectivity index (χ1) is 12.5. The van der Waals surface area contributed by atoms with Crippen LogP contribution >= 0.6 is 7.60 Å². The molecule has 0 aromatic heterocycles. The van der Waals surface area contributed by atoms with Gasteiger partial charge in [0.1, 0.15) is 17.6 Å². The number of methoxy groups -OCH3 is 1. The summed E-state index contributed by atoms with van der Waals surface area (Å²) < 4.78 is 22.0. The SMILES string of the molecule is COC(c1ccc(O)c(C(C)C)c1)c1c(C)cc(OCP(=O)(O)O)cc1C. The van der Waals surface area contributed by atoms with E-state index in [9.17, 15) is 9.67 Å². The molecule has 0 saturated heterocycles. The average Bonchev–Trinajstić information content (AvgIpc) is 2.56. The van der Waals surface area contributed by atoms with Crippen molar-refractivity contribution in [2.75, 3.05) is 13.5 Å². The molecule has 0 spiro atoms. The molecular formula is C20H27O6P. The van der Waals surface area contributed by atoms with Crippen LogP contribution in [0.25, 0.3) is 0 Å². The Hall–Kier alpha value is -1.85. The molecule has 2 aromatic rings. The standard InChI is InChI=1S/C20H27O6P/c1-12(2)17-10-15(6-7-18(17)21)20(25-5)19-13(3)8-16(9-14(19)4)26-11-27(22,23)24/h6-10,12,20-21H,11H2,1-5H3,(H2,22,23,24). The van der Waals surface area contributed by atoms with Gasteiger partial charge in [0.05, 0.1) is 0 Å². The fourth-order valence-corrected chi connectivity index (χ4v) is 3.53. The molecular weight excluding hydrogens is 367 g/mol. The summed E-state index contributed by atoms with van der Waals surface area (Å²) in [5, 5.41) is 10.1. The number of rotatable bonds is 7. The third kappa shape index (κ3) is 5.33. The molecule has 2 aromatic carbocycles. The zero-order chi connectivity index (χ0) is 20.4.